The Balaban J connectivity index is 1.91. The van der Waals surface area contributed by atoms with Gasteiger partial charge in [-0.3, -0.25) is 4.79 Å². The van der Waals surface area contributed by atoms with Crippen molar-refractivity contribution in [1.29, 1.82) is 0 Å². The Kier molecular flexibility index (Phi) is 6.27. The van der Waals surface area contributed by atoms with Gasteiger partial charge in [0.05, 0.1) is 18.8 Å². The van der Waals surface area contributed by atoms with Crippen LogP contribution in [0.5, 0.6) is 0 Å². The van der Waals surface area contributed by atoms with Crippen molar-refractivity contribution in [3.8, 4) is 0 Å². The first-order valence-corrected chi connectivity index (χ1v) is 10.5. The molecule has 1 saturated heterocycles. The fourth-order valence-corrected chi connectivity index (χ4v) is 3.74. The summed E-state index contributed by atoms with van der Waals surface area (Å²) in [6.07, 6.45) is 1.28. The van der Waals surface area contributed by atoms with Crippen LogP contribution in [0.1, 0.15) is 31.3 Å². The van der Waals surface area contributed by atoms with E-state index < -0.39 is 17.3 Å². The molecule has 0 aromatic carbocycles. The lowest BCUT2D eigenvalue weighted by Crippen LogP contribution is -2.59. The van der Waals surface area contributed by atoms with Crippen LogP contribution in [0.2, 0.25) is 0 Å². The first kappa shape index (κ1) is 22.0. The number of likely N-dealkylation sites (N-methyl/N-ethyl adjacent to an activating group) is 1. The van der Waals surface area contributed by atoms with E-state index in [-0.39, 0.29) is 19.1 Å². The van der Waals surface area contributed by atoms with Crippen molar-refractivity contribution in [2.24, 2.45) is 0 Å². The number of aryl methyl sites for hydroxylation is 1. The monoisotopic (exact) mass is 433 g/mol. The molecule has 1 atom stereocenters. The van der Waals surface area contributed by atoms with E-state index in [1.54, 1.807) is 45.2 Å². The van der Waals surface area contributed by atoms with Crippen molar-refractivity contribution in [3.05, 3.63) is 35.0 Å². The van der Waals surface area contributed by atoms with Gasteiger partial charge in [-0.05, 0) is 39.8 Å². The molecule has 0 spiro atoms. The average molecular weight is 434 g/mol. The maximum absolute atomic E-state index is 12.9. The molecule has 0 bridgehead atoms. The summed E-state index contributed by atoms with van der Waals surface area (Å²) >= 11 is 1.50. The topological polar surface area (TPSA) is 106 Å². The lowest BCUT2D eigenvalue weighted by Gasteiger charge is -2.41. The van der Waals surface area contributed by atoms with Gasteiger partial charge in [0, 0.05) is 24.7 Å². The number of rotatable bonds is 4. The molecular formula is C20H27N5O4S. The molecule has 2 N–H and O–H groups in total. The van der Waals surface area contributed by atoms with Gasteiger partial charge in [-0.1, -0.05) is 6.07 Å². The number of morpholine rings is 1. The minimum atomic E-state index is -1.44. The summed E-state index contributed by atoms with van der Waals surface area (Å²) in [6.45, 7) is 7.86. The zero-order chi connectivity index (χ0) is 21.9. The number of aromatic nitrogens is 2. The van der Waals surface area contributed by atoms with E-state index in [0.717, 1.165) is 4.88 Å². The number of anilines is 2. The van der Waals surface area contributed by atoms with Gasteiger partial charge in [0.25, 0.3) is 5.91 Å². The normalized spacial score (nSPS) is 19.3. The van der Waals surface area contributed by atoms with E-state index in [1.807, 2.05) is 6.92 Å². The SMILES string of the molecule is CNC(=O)C1(c2cccc(Nc3ncc(C)s3)n2)CN(C(=O)OC(C)(C)C)CCO1. The predicted octanol–water partition coefficient (Wildman–Crippen LogP) is 2.80. The number of ether oxygens (including phenoxy) is 2. The van der Waals surface area contributed by atoms with Crippen molar-refractivity contribution in [1.82, 2.24) is 20.2 Å². The predicted molar refractivity (Wildman–Crippen MR) is 114 cm³/mol. The zero-order valence-electron chi connectivity index (χ0n) is 17.8. The molecule has 2 aromatic heterocycles. The number of nitrogens with zero attached hydrogens (tertiary/aromatic N) is 3. The number of hydrogen-bond acceptors (Lipinski definition) is 8. The second-order valence-corrected chi connectivity index (χ2v) is 9.20. The van der Waals surface area contributed by atoms with Gasteiger partial charge in [-0.25, -0.2) is 14.8 Å². The van der Waals surface area contributed by atoms with Crippen LogP contribution in [0, 0.1) is 6.92 Å². The quantitative estimate of drug-likeness (QED) is 0.764. The largest absolute Gasteiger partial charge is 0.444 e. The van der Waals surface area contributed by atoms with Crippen LogP contribution in [0.15, 0.2) is 24.4 Å². The van der Waals surface area contributed by atoms with Crippen molar-refractivity contribution in [3.63, 3.8) is 0 Å². The molecule has 0 radical (unpaired) electrons. The molecule has 1 aliphatic rings. The summed E-state index contributed by atoms with van der Waals surface area (Å²) in [7, 11) is 1.53. The lowest BCUT2D eigenvalue weighted by molar-refractivity contribution is -0.161. The summed E-state index contributed by atoms with van der Waals surface area (Å²) in [5.41, 5.74) is -1.69. The minimum absolute atomic E-state index is 0.00556. The Labute approximate surface area is 179 Å². The van der Waals surface area contributed by atoms with E-state index in [9.17, 15) is 9.59 Å². The molecule has 1 aliphatic heterocycles. The van der Waals surface area contributed by atoms with Crippen LogP contribution in [0.3, 0.4) is 0 Å². The molecule has 2 amide bonds. The van der Waals surface area contributed by atoms with Crippen LogP contribution in [0.25, 0.3) is 0 Å². The number of nitrogens with one attached hydrogen (secondary N) is 2. The highest BCUT2D eigenvalue weighted by molar-refractivity contribution is 7.15. The number of carbonyl (C=O) groups excluding carboxylic acids is 2. The molecule has 162 valence electrons. The number of amides is 2. The average Bonchev–Trinajstić information content (AvgIpc) is 3.10. The van der Waals surface area contributed by atoms with Crippen LogP contribution >= 0.6 is 11.3 Å². The van der Waals surface area contributed by atoms with E-state index in [1.165, 1.54) is 23.3 Å². The first-order chi connectivity index (χ1) is 14.1. The maximum Gasteiger partial charge on any atom is 0.410 e. The van der Waals surface area contributed by atoms with E-state index in [2.05, 4.69) is 20.6 Å². The minimum Gasteiger partial charge on any atom is -0.444 e. The van der Waals surface area contributed by atoms with Gasteiger partial charge in [0.15, 0.2) is 5.13 Å². The van der Waals surface area contributed by atoms with Crippen molar-refractivity contribution in [2.75, 3.05) is 32.1 Å². The highest BCUT2D eigenvalue weighted by Gasteiger charge is 2.48. The number of hydrogen-bond donors (Lipinski definition) is 2. The number of carbonyl (C=O) groups is 2. The van der Waals surface area contributed by atoms with Crippen LogP contribution in [-0.2, 0) is 19.9 Å². The van der Waals surface area contributed by atoms with Crippen molar-refractivity contribution in [2.45, 2.75) is 38.9 Å². The highest BCUT2D eigenvalue weighted by atomic mass is 32.1. The molecule has 9 nitrogen and oxygen atoms in total. The second-order valence-electron chi connectivity index (χ2n) is 7.97. The molecule has 3 heterocycles. The molecular weight excluding hydrogens is 406 g/mol. The zero-order valence-corrected chi connectivity index (χ0v) is 18.6. The molecule has 0 saturated carbocycles. The summed E-state index contributed by atoms with van der Waals surface area (Å²) in [5.74, 6) is 0.147. The van der Waals surface area contributed by atoms with Crippen LogP contribution in [-0.4, -0.2) is 59.2 Å². The standard InChI is InChI=1S/C20H27N5O4S/c1-13-11-22-17(30-13)24-15-8-6-7-14(23-15)20(16(26)21-5)12-25(9-10-28-20)18(27)29-19(2,3)4/h6-8,11H,9-10,12H2,1-5H3,(H,21,26)(H,22,23,24). The fourth-order valence-electron chi connectivity index (χ4n) is 3.07. The van der Waals surface area contributed by atoms with Crippen molar-refractivity contribution >= 4 is 34.3 Å². The van der Waals surface area contributed by atoms with Crippen LogP contribution < -0.4 is 10.6 Å². The fraction of sp³-hybridized carbons (Fsp3) is 0.500. The number of pyridine rings is 1. The molecule has 1 fully saturated rings. The first-order valence-electron chi connectivity index (χ1n) is 9.64. The Morgan fingerprint density at radius 3 is 2.73 bits per heavy atom. The van der Waals surface area contributed by atoms with Crippen LogP contribution in [0.4, 0.5) is 15.7 Å². The van der Waals surface area contributed by atoms with E-state index in [4.69, 9.17) is 9.47 Å². The summed E-state index contributed by atoms with van der Waals surface area (Å²) in [5, 5.41) is 6.49. The molecule has 0 aliphatic carbocycles. The maximum atomic E-state index is 12.9. The van der Waals surface area contributed by atoms with Gasteiger partial charge >= 0.3 is 6.09 Å². The van der Waals surface area contributed by atoms with E-state index in [0.29, 0.717) is 23.2 Å². The molecule has 30 heavy (non-hydrogen) atoms. The summed E-state index contributed by atoms with van der Waals surface area (Å²) in [6, 6.07) is 5.28. The Morgan fingerprint density at radius 2 is 2.10 bits per heavy atom. The summed E-state index contributed by atoms with van der Waals surface area (Å²) < 4.78 is 11.4. The Morgan fingerprint density at radius 1 is 1.33 bits per heavy atom. The van der Waals surface area contributed by atoms with Gasteiger partial charge < -0.3 is 25.0 Å². The molecule has 3 rings (SSSR count). The lowest BCUT2D eigenvalue weighted by atomic mass is 9.95. The van der Waals surface area contributed by atoms with Gasteiger partial charge in [0.2, 0.25) is 5.60 Å². The second kappa shape index (κ2) is 8.57. The Hall–Kier alpha value is -2.72. The molecule has 2 aromatic rings. The third-order valence-corrected chi connectivity index (χ3v) is 5.22. The van der Waals surface area contributed by atoms with E-state index >= 15 is 0 Å². The third kappa shape index (κ3) is 4.88. The third-order valence-electron chi connectivity index (χ3n) is 4.39. The van der Waals surface area contributed by atoms with Gasteiger partial charge in [-0.15, -0.1) is 11.3 Å². The van der Waals surface area contributed by atoms with Gasteiger partial charge in [0.1, 0.15) is 11.4 Å². The van der Waals surface area contributed by atoms with Gasteiger partial charge in [-0.2, -0.15) is 0 Å². The van der Waals surface area contributed by atoms with Crippen molar-refractivity contribution < 1.29 is 19.1 Å². The Bertz CT molecular complexity index is 926. The molecule has 10 heteroatoms. The number of thiazole rings is 1. The molecule has 1 unspecified atom stereocenters. The highest BCUT2D eigenvalue weighted by Crippen LogP contribution is 2.31. The summed E-state index contributed by atoms with van der Waals surface area (Å²) in [4.78, 5) is 37.0. The smallest absolute Gasteiger partial charge is 0.410 e.